The Balaban J connectivity index is 2.45. The molecule has 0 aliphatic heterocycles. The normalized spacial score (nSPS) is 25.8. The van der Waals surface area contributed by atoms with Crippen LogP contribution in [0.15, 0.2) is 0 Å². The minimum absolute atomic E-state index is 0.0162. The minimum atomic E-state index is -0.874. The van der Waals surface area contributed by atoms with E-state index < -0.39 is 11.9 Å². The highest BCUT2D eigenvalue weighted by Gasteiger charge is 2.49. The fourth-order valence-electron chi connectivity index (χ4n) is 1.57. The highest BCUT2D eigenvalue weighted by Crippen LogP contribution is 2.40. The van der Waals surface area contributed by atoms with Crippen LogP contribution in [0, 0.1) is 11.8 Å². The highest BCUT2D eigenvalue weighted by atomic mass is 16.5. The molecule has 1 amide bonds. The first-order chi connectivity index (χ1) is 6.99. The van der Waals surface area contributed by atoms with Crippen molar-refractivity contribution >= 4 is 11.9 Å². The molecule has 1 saturated carbocycles. The van der Waals surface area contributed by atoms with E-state index in [9.17, 15) is 9.59 Å². The third-order valence-electron chi connectivity index (χ3n) is 2.84. The molecule has 0 radical (unpaired) electrons. The molecule has 86 valence electrons. The lowest BCUT2D eigenvalue weighted by atomic mass is 10.2. The lowest BCUT2D eigenvalue weighted by molar-refractivity contribution is -0.142. The van der Waals surface area contributed by atoms with Gasteiger partial charge in [0.2, 0.25) is 5.91 Å². The topological polar surface area (TPSA) is 66.8 Å². The number of likely N-dealkylation sites (N-methyl/N-ethyl adjacent to an activating group) is 1. The summed E-state index contributed by atoms with van der Waals surface area (Å²) in [5, 5.41) is 8.70. The lowest BCUT2D eigenvalue weighted by Crippen LogP contribution is -2.39. The average Bonchev–Trinajstić information content (AvgIpc) is 2.95. The maximum Gasteiger partial charge on any atom is 0.307 e. The molecule has 5 heteroatoms. The Bertz CT molecular complexity index is 266. The molecule has 3 atom stereocenters. The van der Waals surface area contributed by atoms with Crippen LogP contribution in [0.1, 0.15) is 13.3 Å². The summed E-state index contributed by atoms with van der Waals surface area (Å²) < 4.78 is 4.94. The van der Waals surface area contributed by atoms with Crippen molar-refractivity contribution in [2.24, 2.45) is 11.8 Å². The lowest BCUT2D eigenvalue weighted by Gasteiger charge is -2.24. The Morgan fingerprint density at radius 2 is 2.13 bits per heavy atom. The summed E-state index contributed by atoms with van der Waals surface area (Å²) in [5.74, 6) is -1.77. The van der Waals surface area contributed by atoms with Crippen molar-refractivity contribution in [3.63, 3.8) is 0 Å². The number of ether oxygens (including phenoxy) is 1. The molecule has 15 heavy (non-hydrogen) atoms. The summed E-state index contributed by atoms with van der Waals surface area (Å²) in [6, 6.07) is -0.0162. The molecule has 0 heterocycles. The molecule has 3 unspecified atom stereocenters. The molecule has 1 aliphatic carbocycles. The number of methoxy groups -OCH3 is 1. The SMILES string of the molecule is COCC(C)N(C)C(=O)C1CC1C(=O)O. The zero-order valence-electron chi connectivity index (χ0n) is 9.27. The van der Waals surface area contributed by atoms with E-state index in [1.165, 1.54) is 0 Å². The molecular formula is C10H17NO4. The van der Waals surface area contributed by atoms with Crippen molar-refractivity contribution in [3.05, 3.63) is 0 Å². The number of carbonyl (C=O) groups is 2. The second-order valence-corrected chi connectivity index (χ2v) is 4.04. The van der Waals surface area contributed by atoms with Gasteiger partial charge >= 0.3 is 5.97 Å². The van der Waals surface area contributed by atoms with Crippen LogP contribution in [0.25, 0.3) is 0 Å². The number of carboxylic acids is 1. The molecule has 0 aromatic rings. The van der Waals surface area contributed by atoms with E-state index in [-0.39, 0.29) is 17.9 Å². The standard InChI is InChI=1S/C10H17NO4/c1-6(5-15-3)11(2)9(12)7-4-8(7)10(13)14/h6-8H,4-5H2,1-3H3,(H,13,14). The monoisotopic (exact) mass is 215 g/mol. The smallest absolute Gasteiger partial charge is 0.307 e. The Labute approximate surface area is 89.0 Å². The van der Waals surface area contributed by atoms with Gasteiger partial charge in [0.05, 0.1) is 24.5 Å². The molecular weight excluding hydrogens is 198 g/mol. The third kappa shape index (κ3) is 2.68. The summed E-state index contributed by atoms with van der Waals surface area (Å²) in [6.07, 6.45) is 0.470. The second kappa shape index (κ2) is 4.61. The first-order valence-corrected chi connectivity index (χ1v) is 4.97. The van der Waals surface area contributed by atoms with Gasteiger partial charge in [-0.3, -0.25) is 9.59 Å². The van der Waals surface area contributed by atoms with Gasteiger partial charge in [-0.15, -0.1) is 0 Å². The summed E-state index contributed by atoms with van der Waals surface area (Å²) in [7, 11) is 3.26. The number of amides is 1. The molecule has 1 rings (SSSR count). The van der Waals surface area contributed by atoms with Crippen LogP contribution in [-0.2, 0) is 14.3 Å². The Kier molecular flexibility index (Phi) is 3.68. The molecule has 0 spiro atoms. The van der Waals surface area contributed by atoms with Crippen molar-refractivity contribution in [2.45, 2.75) is 19.4 Å². The van der Waals surface area contributed by atoms with Gasteiger partial charge in [-0.05, 0) is 13.3 Å². The van der Waals surface area contributed by atoms with E-state index in [0.29, 0.717) is 13.0 Å². The van der Waals surface area contributed by atoms with Crippen LogP contribution in [0.3, 0.4) is 0 Å². The Morgan fingerprint density at radius 3 is 2.53 bits per heavy atom. The molecule has 0 saturated heterocycles. The predicted molar refractivity (Wildman–Crippen MR) is 53.3 cm³/mol. The van der Waals surface area contributed by atoms with Crippen LogP contribution in [0.5, 0.6) is 0 Å². The molecule has 1 N–H and O–H groups in total. The number of aliphatic carboxylic acids is 1. The van der Waals surface area contributed by atoms with Crippen molar-refractivity contribution in [1.82, 2.24) is 4.90 Å². The van der Waals surface area contributed by atoms with Crippen LogP contribution < -0.4 is 0 Å². The number of rotatable bonds is 5. The zero-order chi connectivity index (χ0) is 11.6. The molecule has 1 fully saturated rings. The molecule has 1 aliphatic rings. The van der Waals surface area contributed by atoms with Crippen molar-refractivity contribution in [2.75, 3.05) is 20.8 Å². The summed E-state index contributed by atoms with van der Waals surface area (Å²) >= 11 is 0. The van der Waals surface area contributed by atoms with Gasteiger partial charge in [-0.2, -0.15) is 0 Å². The first-order valence-electron chi connectivity index (χ1n) is 4.97. The Hall–Kier alpha value is -1.10. The van der Waals surface area contributed by atoms with Crippen LogP contribution >= 0.6 is 0 Å². The Morgan fingerprint density at radius 1 is 1.53 bits per heavy atom. The summed E-state index contributed by atoms with van der Waals surface area (Å²) in [4.78, 5) is 23.9. The number of carbonyl (C=O) groups excluding carboxylic acids is 1. The fraction of sp³-hybridized carbons (Fsp3) is 0.800. The van der Waals surface area contributed by atoms with Gasteiger partial charge in [0, 0.05) is 14.2 Å². The van der Waals surface area contributed by atoms with Crippen LogP contribution in [0.4, 0.5) is 0 Å². The second-order valence-electron chi connectivity index (χ2n) is 4.04. The molecule has 5 nitrogen and oxygen atoms in total. The molecule has 0 aromatic heterocycles. The first kappa shape index (κ1) is 12.0. The fourth-order valence-corrected chi connectivity index (χ4v) is 1.57. The number of hydrogen-bond acceptors (Lipinski definition) is 3. The van der Waals surface area contributed by atoms with Gasteiger partial charge < -0.3 is 14.7 Å². The van der Waals surface area contributed by atoms with Crippen LogP contribution in [-0.4, -0.2) is 48.7 Å². The number of carboxylic acid groups (broad SMARTS) is 1. The minimum Gasteiger partial charge on any atom is -0.481 e. The largest absolute Gasteiger partial charge is 0.481 e. The van der Waals surface area contributed by atoms with Gasteiger partial charge in [-0.25, -0.2) is 0 Å². The van der Waals surface area contributed by atoms with E-state index in [4.69, 9.17) is 9.84 Å². The quantitative estimate of drug-likeness (QED) is 0.711. The van der Waals surface area contributed by atoms with Gasteiger partial charge in [-0.1, -0.05) is 0 Å². The average molecular weight is 215 g/mol. The highest BCUT2D eigenvalue weighted by molar-refractivity contribution is 5.89. The van der Waals surface area contributed by atoms with Gasteiger partial charge in [0.25, 0.3) is 0 Å². The van der Waals surface area contributed by atoms with E-state index in [1.54, 1.807) is 19.1 Å². The maximum absolute atomic E-state index is 11.7. The van der Waals surface area contributed by atoms with E-state index in [0.717, 1.165) is 0 Å². The molecule has 0 aromatic carbocycles. The van der Waals surface area contributed by atoms with E-state index >= 15 is 0 Å². The van der Waals surface area contributed by atoms with Gasteiger partial charge in [0.15, 0.2) is 0 Å². The van der Waals surface area contributed by atoms with E-state index in [1.807, 2.05) is 6.92 Å². The predicted octanol–water partition coefficient (Wildman–Crippen LogP) is 0.200. The number of hydrogen-bond donors (Lipinski definition) is 1. The van der Waals surface area contributed by atoms with Gasteiger partial charge in [0.1, 0.15) is 0 Å². The number of nitrogens with zero attached hydrogens (tertiary/aromatic N) is 1. The summed E-state index contributed by atoms with van der Waals surface area (Å²) in [5.41, 5.74) is 0. The van der Waals surface area contributed by atoms with E-state index in [2.05, 4.69) is 0 Å². The summed E-state index contributed by atoms with van der Waals surface area (Å²) in [6.45, 7) is 2.34. The zero-order valence-corrected chi connectivity index (χ0v) is 9.27. The van der Waals surface area contributed by atoms with Crippen LogP contribution in [0.2, 0.25) is 0 Å². The third-order valence-corrected chi connectivity index (χ3v) is 2.84. The van der Waals surface area contributed by atoms with Crippen molar-refractivity contribution in [1.29, 1.82) is 0 Å². The van der Waals surface area contributed by atoms with Crippen molar-refractivity contribution in [3.8, 4) is 0 Å². The van der Waals surface area contributed by atoms with Crippen molar-refractivity contribution < 1.29 is 19.4 Å². The maximum atomic E-state index is 11.7. The molecule has 0 bridgehead atoms.